The molecule has 0 aliphatic rings. The molecular weight excluding hydrogens is 226 g/mol. The Morgan fingerprint density at radius 1 is 1.56 bits per heavy atom. The van der Waals surface area contributed by atoms with Crippen LogP contribution in [0.3, 0.4) is 0 Å². The van der Waals surface area contributed by atoms with Gasteiger partial charge in [-0.3, -0.25) is 10.1 Å². The van der Waals surface area contributed by atoms with Gasteiger partial charge in [-0.2, -0.15) is 0 Å². The maximum absolute atomic E-state index is 11.0. The predicted molar refractivity (Wildman–Crippen MR) is 63.3 cm³/mol. The minimum absolute atomic E-state index is 0.115. The fourth-order valence-electron chi connectivity index (χ4n) is 1.78. The third kappa shape index (κ3) is 3.13. The van der Waals surface area contributed by atoms with E-state index in [1.165, 1.54) is 11.3 Å². The third-order valence-electron chi connectivity index (χ3n) is 2.65. The zero-order valence-electron chi connectivity index (χ0n) is 9.33. The van der Waals surface area contributed by atoms with Crippen molar-refractivity contribution in [3.8, 4) is 0 Å². The highest BCUT2D eigenvalue weighted by molar-refractivity contribution is 7.10. The molecule has 0 N–H and O–H groups in total. The summed E-state index contributed by atoms with van der Waals surface area (Å²) in [5.74, 6) is -0.471. The fraction of sp³-hybridized carbons (Fsp3) is 0.545. The number of hydrogen-bond acceptors (Lipinski definition) is 4. The lowest BCUT2D eigenvalue weighted by molar-refractivity contribution is -0.484. The molecule has 0 unspecified atom stereocenters. The van der Waals surface area contributed by atoms with Gasteiger partial charge in [-0.05, 0) is 17.4 Å². The van der Waals surface area contributed by atoms with Gasteiger partial charge in [-0.1, -0.05) is 19.9 Å². The van der Waals surface area contributed by atoms with E-state index >= 15 is 0 Å². The smallest absolute Gasteiger partial charge is 0.212 e. The number of nitro groups is 1. The summed E-state index contributed by atoms with van der Waals surface area (Å²) in [6, 6.07) is 3.72. The molecule has 88 valence electrons. The van der Waals surface area contributed by atoms with E-state index in [0.717, 1.165) is 11.2 Å². The minimum atomic E-state index is -0.344. The largest absolute Gasteiger partial charge is 0.303 e. The molecule has 0 aliphatic carbocycles. The van der Waals surface area contributed by atoms with E-state index in [1.54, 1.807) is 0 Å². The van der Waals surface area contributed by atoms with Crippen LogP contribution >= 0.6 is 11.3 Å². The molecule has 1 rings (SSSR count). The van der Waals surface area contributed by atoms with Crippen LogP contribution in [0.2, 0.25) is 0 Å². The summed E-state index contributed by atoms with van der Waals surface area (Å²) in [6.07, 6.45) is 0.846. The van der Waals surface area contributed by atoms with Crippen molar-refractivity contribution in [3.63, 3.8) is 0 Å². The molecule has 0 amide bonds. The summed E-state index contributed by atoms with van der Waals surface area (Å²) >= 11 is 1.47. The Balaban J connectivity index is 2.94. The van der Waals surface area contributed by atoms with Crippen molar-refractivity contribution in [1.29, 1.82) is 0 Å². The zero-order valence-corrected chi connectivity index (χ0v) is 10.1. The molecule has 0 saturated carbocycles. The molecule has 5 heteroatoms. The van der Waals surface area contributed by atoms with Gasteiger partial charge in [0.25, 0.3) is 0 Å². The average molecular weight is 241 g/mol. The Hall–Kier alpha value is -1.23. The maximum Gasteiger partial charge on any atom is 0.212 e. The number of nitrogens with zero attached hydrogens (tertiary/aromatic N) is 1. The first-order valence-electron chi connectivity index (χ1n) is 5.16. The summed E-state index contributed by atoms with van der Waals surface area (Å²) < 4.78 is 0. The topological polar surface area (TPSA) is 60.2 Å². The maximum atomic E-state index is 11.0. The molecule has 4 nitrogen and oxygen atoms in total. The van der Waals surface area contributed by atoms with Crippen LogP contribution in [0.5, 0.6) is 0 Å². The summed E-state index contributed by atoms with van der Waals surface area (Å²) in [5, 5.41) is 12.5. The number of carbonyl (C=O) groups is 1. The Kier molecular flexibility index (Phi) is 4.61. The molecule has 0 spiro atoms. The third-order valence-corrected chi connectivity index (χ3v) is 3.65. The van der Waals surface area contributed by atoms with Crippen LogP contribution in [0, 0.1) is 22.0 Å². The van der Waals surface area contributed by atoms with Crippen LogP contribution in [0.15, 0.2) is 17.5 Å². The van der Waals surface area contributed by atoms with Crippen molar-refractivity contribution < 1.29 is 9.72 Å². The van der Waals surface area contributed by atoms with Crippen molar-refractivity contribution >= 4 is 17.6 Å². The highest BCUT2D eigenvalue weighted by Crippen LogP contribution is 2.31. The lowest BCUT2D eigenvalue weighted by atomic mass is 9.83. The predicted octanol–water partition coefficient (Wildman–Crippen LogP) is 2.58. The van der Waals surface area contributed by atoms with Gasteiger partial charge in [0.2, 0.25) is 6.54 Å². The Bertz CT molecular complexity index is 348. The number of hydrogen-bond donors (Lipinski definition) is 0. The van der Waals surface area contributed by atoms with Crippen LogP contribution in [0.25, 0.3) is 0 Å². The fourth-order valence-corrected chi connectivity index (χ4v) is 2.66. The van der Waals surface area contributed by atoms with Gasteiger partial charge in [0.05, 0.1) is 5.92 Å². The van der Waals surface area contributed by atoms with Crippen LogP contribution in [0.1, 0.15) is 24.6 Å². The first kappa shape index (κ1) is 12.8. The molecule has 1 aromatic rings. The molecule has 0 aliphatic heterocycles. The Labute approximate surface area is 98.4 Å². The van der Waals surface area contributed by atoms with Gasteiger partial charge in [0.15, 0.2) is 0 Å². The standard InChI is InChI=1S/C11H15NO3S/c1-8(2)10(7-13)9(6-12(14)15)11-4-3-5-16-11/h3-5,7-10H,6H2,1-2H3/t9-,10+/m0/s1. The Morgan fingerprint density at radius 2 is 2.25 bits per heavy atom. The van der Waals surface area contributed by atoms with Gasteiger partial charge in [0, 0.05) is 15.7 Å². The quantitative estimate of drug-likeness (QED) is 0.437. The van der Waals surface area contributed by atoms with Crippen LogP contribution in [-0.2, 0) is 4.79 Å². The summed E-state index contributed by atoms with van der Waals surface area (Å²) in [6.45, 7) is 3.65. The van der Waals surface area contributed by atoms with E-state index in [-0.39, 0.29) is 29.2 Å². The lowest BCUT2D eigenvalue weighted by Gasteiger charge is -2.21. The second-order valence-corrected chi connectivity index (χ2v) is 5.07. The summed E-state index contributed by atoms with van der Waals surface area (Å²) in [5.41, 5.74) is 0. The second kappa shape index (κ2) is 5.75. The van der Waals surface area contributed by atoms with Gasteiger partial charge in [0.1, 0.15) is 6.29 Å². The number of rotatable bonds is 6. The van der Waals surface area contributed by atoms with Crippen molar-refractivity contribution in [3.05, 3.63) is 32.5 Å². The van der Waals surface area contributed by atoms with E-state index < -0.39 is 0 Å². The van der Waals surface area contributed by atoms with Crippen molar-refractivity contribution in [1.82, 2.24) is 0 Å². The van der Waals surface area contributed by atoms with E-state index in [1.807, 2.05) is 31.4 Å². The molecule has 0 bridgehead atoms. The second-order valence-electron chi connectivity index (χ2n) is 4.09. The van der Waals surface area contributed by atoms with Gasteiger partial charge in [-0.25, -0.2) is 0 Å². The van der Waals surface area contributed by atoms with Gasteiger partial charge >= 0.3 is 0 Å². The Morgan fingerprint density at radius 3 is 2.62 bits per heavy atom. The van der Waals surface area contributed by atoms with Crippen molar-refractivity contribution in [2.24, 2.45) is 11.8 Å². The highest BCUT2D eigenvalue weighted by Gasteiger charge is 2.30. The molecule has 2 atom stereocenters. The van der Waals surface area contributed by atoms with Crippen LogP contribution in [0.4, 0.5) is 0 Å². The first-order chi connectivity index (χ1) is 7.56. The minimum Gasteiger partial charge on any atom is -0.303 e. The van der Waals surface area contributed by atoms with Gasteiger partial charge < -0.3 is 4.79 Å². The molecule has 0 fully saturated rings. The first-order valence-corrected chi connectivity index (χ1v) is 6.04. The van der Waals surface area contributed by atoms with Gasteiger partial charge in [-0.15, -0.1) is 11.3 Å². The zero-order chi connectivity index (χ0) is 12.1. The average Bonchev–Trinajstić information content (AvgIpc) is 2.68. The molecule has 0 saturated heterocycles. The van der Waals surface area contributed by atoms with E-state index in [2.05, 4.69) is 0 Å². The molecule has 16 heavy (non-hydrogen) atoms. The number of thiophene rings is 1. The van der Waals surface area contributed by atoms with Crippen molar-refractivity contribution in [2.75, 3.05) is 6.54 Å². The van der Waals surface area contributed by atoms with Crippen molar-refractivity contribution in [2.45, 2.75) is 19.8 Å². The molecular formula is C11H15NO3S. The van der Waals surface area contributed by atoms with Crippen LogP contribution < -0.4 is 0 Å². The number of aldehydes is 1. The summed E-state index contributed by atoms with van der Waals surface area (Å²) in [7, 11) is 0. The number of carbonyl (C=O) groups excluding carboxylic acids is 1. The van der Waals surface area contributed by atoms with E-state index in [4.69, 9.17) is 0 Å². The van der Waals surface area contributed by atoms with E-state index in [9.17, 15) is 14.9 Å². The summed E-state index contributed by atoms with van der Waals surface area (Å²) in [4.78, 5) is 22.3. The molecule has 1 heterocycles. The molecule has 1 aromatic heterocycles. The molecule has 0 aromatic carbocycles. The van der Waals surface area contributed by atoms with E-state index in [0.29, 0.717) is 0 Å². The normalized spacial score (nSPS) is 14.7. The monoisotopic (exact) mass is 241 g/mol. The van der Waals surface area contributed by atoms with Crippen LogP contribution in [-0.4, -0.2) is 17.8 Å². The highest BCUT2D eigenvalue weighted by atomic mass is 32.1. The lowest BCUT2D eigenvalue weighted by Crippen LogP contribution is -2.25. The molecule has 0 radical (unpaired) electrons. The SMILES string of the molecule is CC(C)[C@@H](C=O)[C@H](C[N+](=O)[O-])c1cccs1.